The summed E-state index contributed by atoms with van der Waals surface area (Å²) in [7, 11) is 2.19. The van der Waals surface area contributed by atoms with Gasteiger partial charge in [0.25, 0.3) is 0 Å². The van der Waals surface area contributed by atoms with E-state index in [0.717, 1.165) is 6.32 Å². The van der Waals surface area contributed by atoms with Gasteiger partial charge in [-0.15, -0.1) is 0 Å². The van der Waals surface area contributed by atoms with E-state index in [-0.39, 0.29) is 5.41 Å². The van der Waals surface area contributed by atoms with E-state index in [1.807, 2.05) is 0 Å². The zero-order valence-electron chi connectivity index (χ0n) is 8.52. The Bertz CT molecular complexity index is 241. The zero-order valence-corrected chi connectivity index (χ0v) is 8.52. The Hall–Kier alpha value is -0.715. The van der Waals surface area contributed by atoms with Crippen LogP contribution in [0.25, 0.3) is 0 Å². The third kappa shape index (κ3) is 2.13. The second-order valence-corrected chi connectivity index (χ2v) is 4.30. The normalized spacial score (nSPS) is 11.6. The van der Waals surface area contributed by atoms with E-state index in [0.29, 0.717) is 0 Å². The first-order valence-corrected chi connectivity index (χ1v) is 4.63. The molecule has 1 heteroatoms. The molecule has 0 N–H and O–H groups in total. The highest BCUT2D eigenvalue weighted by atomic mass is 14.2. The van der Waals surface area contributed by atoms with Crippen LogP contribution in [-0.2, 0) is 11.7 Å². The lowest BCUT2D eigenvalue weighted by Crippen LogP contribution is -2.10. The van der Waals surface area contributed by atoms with Crippen molar-refractivity contribution in [3.05, 3.63) is 35.4 Å². The van der Waals surface area contributed by atoms with Crippen molar-refractivity contribution in [2.24, 2.45) is 0 Å². The summed E-state index contributed by atoms with van der Waals surface area (Å²) in [6.07, 6.45) is 1.13. The molecule has 0 bridgehead atoms. The fourth-order valence-corrected chi connectivity index (χ4v) is 1.24. The molecule has 0 saturated carbocycles. The van der Waals surface area contributed by atoms with Crippen LogP contribution in [0.4, 0.5) is 0 Å². The van der Waals surface area contributed by atoms with Crippen molar-refractivity contribution in [1.82, 2.24) is 0 Å². The number of hydrogen-bond acceptors (Lipinski definition) is 0. The molecule has 0 heterocycles. The number of rotatable bonds is 1. The van der Waals surface area contributed by atoms with E-state index in [1.54, 1.807) is 0 Å². The summed E-state index contributed by atoms with van der Waals surface area (Å²) in [6.45, 7) is 6.73. The Morgan fingerprint density at radius 3 is 1.92 bits per heavy atom. The Morgan fingerprint density at radius 1 is 1.08 bits per heavy atom. The lowest BCUT2D eigenvalue weighted by atomic mass is 9.85. The van der Waals surface area contributed by atoms with E-state index in [4.69, 9.17) is 0 Å². The first kappa shape index (κ1) is 9.37. The van der Waals surface area contributed by atoms with Crippen LogP contribution in [0.15, 0.2) is 24.3 Å². The van der Waals surface area contributed by atoms with E-state index in [1.165, 1.54) is 11.1 Å². The highest BCUT2D eigenvalue weighted by molar-refractivity contribution is 6.08. The second-order valence-electron chi connectivity index (χ2n) is 4.30. The first-order chi connectivity index (χ1) is 5.54. The van der Waals surface area contributed by atoms with Gasteiger partial charge in [0.1, 0.15) is 7.85 Å². The minimum absolute atomic E-state index is 0.284. The van der Waals surface area contributed by atoms with E-state index in [2.05, 4.69) is 52.9 Å². The van der Waals surface area contributed by atoms with Crippen LogP contribution in [0, 0.1) is 0 Å². The average Bonchev–Trinajstić information content (AvgIpc) is 2.03. The Kier molecular flexibility index (Phi) is 2.61. The Morgan fingerprint density at radius 2 is 1.58 bits per heavy atom. The fraction of sp³-hybridized carbons (Fsp3) is 0.455. The molecule has 0 fully saturated rings. The van der Waals surface area contributed by atoms with Gasteiger partial charge in [-0.3, -0.25) is 0 Å². The molecule has 1 rings (SSSR count). The van der Waals surface area contributed by atoms with Gasteiger partial charge in [-0.25, -0.2) is 0 Å². The minimum Gasteiger partial charge on any atom is -0.0595 e. The van der Waals surface area contributed by atoms with Crippen LogP contribution in [0.1, 0.15) is 31.9 Å². The van der Waals surface area contributed by atoms with Gasteiger partial charge in [-0.2, -0.15) is 0 Å². The molecule has 0 nitrogen and oxygen atoms in total. The van der Waals surface area contributed by atoms with Gasteiger partial charge < -0.3 is 0 Å². The smallest absolute Gasteiger partial charge is 0.0595 e. The SMILES string of the molecule is BCc1ccc(C(C)(C)C)cc1. The predicted octanol–water partition coefficient (Wildman–Crippen LogP) is 2.12. The quantitative estimate of drug-likeness (QED) is 0.552. The van der Waals surface area contributed by atoms with Crippen molar-refractivity contribution in [2.45, 2.75) is 32.5 Å². The largest absolute Gasteiger partial charge is 0.107 e. The van der Waals surface area contributed by atoms with Crippen molar-refractivity contribution in [3.8, 4) is 0 Å². The number of hydrogen-bond donors (Lipinski definition) is 0. The molecule has 0 aliphatic heterocycles. The average molecular weight is 160 g/mol. The molecule has 64 valence electrons. The van der Waals surface area contributed by atoms with Gasteiger partial charge in [0.2, 0.25) is 0 Å². The molecular formula is C11H17B. The maximum atomic E-state index is 2.24. The summed E-state index contributed by atoms with van der Waals surface area (Å²) in [4.78, 5) is 0. The lowest BCUT2D eigenvalue weighted by Gasteiger charge is -2.18. The number of benzene rings is 1. The van der Waals surface area contributed by atoms with Crippen LogP contribution in [0.2, 0.25) is 0 Å². The van der Waals surface area contributed by atoms with Gasteiger partial charge in [-0.1, -0.05) is 56.9 Å². The molecule has 0 aliphatic carbocycles. The van der Waals surface area contributed by atoms with Gasteiger partial charge in [0.15, 0.2) is 0 Å². The Balaban J connectivity index is 2.93. The molecule has 0 atom stereocenters. The van der Waals surface area contributed by atoms with Gasteiger partial charge in [-0.05, 0) is 11.0 Å². The van der Waals surface area contributed by atoms with Gasteiger partial charge in [0, 0.05) is 0 Å². The monoisotopic (exact) mass is 160 g/mol. The third-order valence-electron chi connectivity index (χ3n) is 2.23. The molecule has 0 saturated heterocycles. The fourth-order valence-electron chi connectivity index (χ4n) is 1.24. The summed E-state index contributed by atoms with van der Waals surface area (Å²) in [6, 6.07) is 8.92. The highest BCUT2D eigenvalue weighted by Gasteiger charge is 2.12. The summed E-state index contributed by atoms with van der Waals surface area (Å²) in [5.41, 5.74) is 3.12. The molecule has 12 heavy (non-hydrogen) atoms. The predicted molar refractivity (Wildman–Crippen MR) is 57.4 cm³/mol. The maximum Gasteiger partial charge on any atom is 0.107 e. The molecule has 1 aromatic carbocycles. The third-order valence-corrected chi connectivity index (χ3v) is 2.23. The van der Waals surface area contributed by atoms with E-state index >= 15 is 0 Å². The highest BCUT2D eigenvalue weighted by Crippen LogP contribution is 2.21. The van der Waals surface area contributed by atoms with E-state index < -0.39 is 0 Å². The van der Waals surface area contributed by atoms with Crippen molar-refractivity contribution in [1.29, 1.82) is 0 Å². The molecule has 0 aliphatic rings. The van der Waals surface area contributed by atoms with Crippen LogP contribution in [-0.4, -0.2) is 7.85 Å². The molecule has 0 spiro atoms. The first-order valence-electron chi connectivity index (χ1n) is 4.63. The summed E-state index contributed by atoms with van der Waals surface area (Å²) >= 11 is 0. The molecule has 1 aromatic rings. The zero-order chi connectivity index (χ0) is 9.19. The maximum absolute atomic E-state index is 2.24. The molecule has 0 radical (unpaired) electrons. The van der Waals surface area contributed by atoms with Gasteiger partial charge >= 0.3 is 0 Å². The Labute approximate surface area is 76.4 Å². The van der Waals surface area contributed by atoms with Gasteiger partial charge in [0.05, 0.1) is 0 Å². The van der Waals surface area contributed by atoms with Crippen molar-refractivity contribution in [2.75, 3.05) is 0 Å². The summed E-state index contributed by atoms with van der Waals surface area (Å²) in [5.74, 6) is 0. The van der Waals surface area contributed by atoms with Crippen LogP contribution in [0.5, 0.6) is 0 Å². The van der Waals surface area contributed by atoms with Crippen LogP contribution in [0.3, 0.4) is 0 Å². The topological polar surface area (TPSA) is 0 Å². The molecular weight excluding hydrogens is 143 g/mol. The van der Waals surface area contributed by atoms with Crippen molar-refractivity contribution >= 4 is 7.85 Å². The second kappa shape index (κ2) is 3.34. The minimum atomic E-state index is 0.284. The van der Waals surface area contributed by atoms with Crippen LogP contribution >= 0.6 is 0 Å². The standard InChI is InChI=1S/C11H17B/c1-11(2,3)10-6-4-9(8-12)5-7-10/h4-7H,8,12H2,1-3H3. The van der Waals surface area contributed by atoms with E-state index in [9.17, 15) is 0 Å². The lowest BCUT2D eigenvalue weighted by molar-refractivity contribution is 0.590. The summed E-state index contributed by atoms with van der Waals surface area (Å²) < 4.78 is 0. The van der Waals surface area contributed by atoms with Crippen molar-refractivity contribution < 1.29 is 0 Å². The molecule has 0 amide bonds. The van der Waals surface area contributed by atoms with Crippen molar-refractivity contribution in [3.63, 3.8) is 0 Å². The summed E-state index contributed by atoms with van der Waals surface area (Å²) in [5, 5.41) is 0. The molecule has 0 unspecified atom stereocenters. The molecule has 0 aromatic heterocycles. The van der Waals surface area contributed by atoms with Crippen LogP contribution < -0.4 is 0 Å².